The van der Waals surface area contributed by atoms with Crippen LogP contribution < -0.4 is 4.90 Å². The SMILES string of the molecule is Cc1cc(C)c2c(c1)N(CCC(C)CCCl)C(=O)C2=O. The summed E-state index contributed by atoms with van der Waals surface area (Å²) >= 11 is 5.73. The number of amides is 1. The maximum Gasteiger partial charge on any atom is 0.299 e. The molecule has 0 saturated heterocycles. The highest BCUT2D eigenvalue weighted by Crippen LogP contribution is 2.33. The number of aryl methyl sites for hydroxylation is 2. The third-order valence-electron chi connectivity index (χ3n) is 3.86. The molecule has 1 aromatic rings. The molecule has 1 aliphatic rings. The maximum absolute atomic E-state index is 12.1. The average molecular weight is 294 g/mol. The molecule has 1 aliphatic heterocycles. The molecule has 108 valence electrons. The number of benzene rings is 1. The predicted molar refractivity (Wildman–Crippen MR) is 81.7 cm³/mol. The second-order valence-corrected chi connectivity index (χ2v) is 6.01. The summed E-state index contributed by atoms with van der Waals surface area (Å²) in [6.07, 6.45) is 1.79. The molecule has 0 bridgehead atoms. The Hall–Kier alpha value is -1.35. The lowest BCUT2D eigenvalue weighted by Gasteiger charge is -2.19. The molecule has 0 fully saturated rings. The summed E-state index contributed by atoms with van der Waals surface area (Å²) in [5.74, 6) is 0.308. The molecular formula is C16H20ClNO2. The fraction of sp³-hybridized carbons (Fsp3) is 0.500. The van der Waals surface area contributed by atoms with Gasteiger partial charge in [-0.05, 0) is 49.8 Å². The van der Waals surface area contributed by atoms with E-state index in [2.05, 4.69) is 6.92 Å². The van der Waals surface area contributed by atoms with Crippen molar-refractivity contribution in [2.45, 2.75) is 33.6 Å². The van der Waals surface area contributed by atoms with Gasteiger partial charge in [-0.1, -0.05) is 13.0 Å². The van der Waals surface area contributed by atoms with Crippen LogP contribution in [0.15, 0.2) is 12.1 Å². The van der Waals surface area contributed by atoms with Gasteiger partial charge in [0.1, 0.15) is 0 Å². The van der Waals surface area contributed by atoms with Crippen LogP contribution in [-0.2, 0) is 4.79 Å². The number of anilines is 1. The van der Waals surface area contributed by atoms with Gasteiger partial charge in [-0.2, -0.15) is 0 Å². The molecule has 4 heteroatoms. The average Bonchev–Trinajstić information content (AvgIpc) is 2.60. The smallest absolute Gasteiger partial charge is 0.299 e. The van der Waals surface area contributed by atoms with Gasteiger partial charge in [-0.3, -0.25) is 9.59 Å². The second-order valence-electron chi connectivity index (χ2n) is 5.63. The molecule has 3 nitrogen and oxygen atoms in total. The molecule has 2 rings (SSSR count). The lowest BCUT2D eigenvalue weighted by Crippen LogP contribution is -2.31. The predicted octanol–water partition coefficient (Wildman–Crippen LogP) is 3.49. The number of Topliss-reactive ketones (excluding diaryl/α,β-unsaturated/α-hetero) is 1. The first kappa shape index (κ1) is 15.0. The van der Waals surface area contributed by atoms with Crippen LogP contribution in [0.5, 0.6) is 0 Å². The van der Waals surface area contributed by atoms with Gasteiger partial charge in [0.2, 0.25) is 0 Å². The molecule has 20 heavy (non-hydrogen) atoms. The van der Waals surface area contributed by atoms with Crippen molar-refractivity contribution >= 4 is 29.0 Å². The number of carbonyl (C=O) groups excluding carboxylic acids is 2. The minimum atomic E-state index is -0.397. The Balaban J connectivity index is 2.24. The lowest BCUT2D eigenvalue weighted by atomic mass is 10.0. The number of carbonyl (C=O) groups is 2. The van der Waals surface area contributed by atoms with Gasteiger partial charge >= 0.3 is 0 Å². The quantitative estimate of drug-likeness (QED) is 0.615. The zero-order valence-corrected chi connectivity index (χ0v) is 13.0. The van der Waals surface area contributed by atoms with Gasteiger partial charge in [-0.25, -0.2) is 0 Å². The van der Waals surface area contributed by atoms with Crippen molar-refractivity contribution in [3.63, 3.8) is 0 Å². The molecule has 1 amide bonds. The van der Waals surface area contributed by atoms with E-state index in [0.29, 0.717) is 23.9 Å². The summed E-state index contributed by atoms with van der Waals surface area (Å²) in [6, 6.07) is 3.88. The Kier molecular flexibility index (Phi) is 4.48. The van der Waals surface area contributed by atoms with E-state index in [0.717, 1.165) is 29.7 Å². The molecule has 0 radical (unpaired) electrons. The van der Waals surface area contributed by atoms with Crippen LogP contribution in [-0.4, -0.2) is 24.1 Å². The molecule has 0 aliphatic carbocycles. The van der Waals surface area contributed by atoms with Crippen molar-refractivity contribution < 1.29 is 9.59 Å². The Morgan fingerprint density at radius 3 is 2.55 bits per heavy atom. The molecular weight excluding hydrogens is 274 g/mol. The van der Waals surface area contributed by atoms with E-state index >= 15 is 0 Å². The topological polar surface area (TPSA) is 37.4 Å². The maximum atomic E-state index is 12.1. The number of hydrogen-bond acceptors (Lipinski definition) is 2. The monoisotopic (exact) mass is 293 g/mol. The number of ketones is 1. The summed E-state index contributed by atoms with van der Waals surface area (Å²) in [5, 5.41) is 0. The highest BCUT2D eigenvalue weighted by atomic mass is 35.5. The fourth-order valence-electron chi connectivity index (χ4n) is 2.69. The molecule has 1 unspecified atom stereocenters. The Morgan fingerprint density at radius 1 is 1.20 bits per heavy atom. The van der Waals surface area contributed by atoms with Gasteiger partial charge in [0.15, 0.2) is 0 Å². The van der Waals surface area contributed by atoms with Crippen LogP contribution in [0, 0.1) is 19.8 Å². The van der Waals surface area contributed by atoms with Crippen LogP contribution in [0.1, 0.15) is 41.3 Å². The first-order valence-electron chi connectivity index (χ1n) is 6.99. The van der Waals surface area contributed by atoms with E-state index in [9.17, 15) is 9.59 Å². The summed E-state index contributed by atoms with van der Waals surface area (Å²) in [7, 11) is 0. The van der Waals surface area contributed by atoms with Crippen LogP contribution in [0.2, 0.25) is 0 Å². The third kappa shape index (κ3) is 2.73. The number of alkyl halides is 1. The largest absolute Gasteiger partial charge is 0.305 e. The minimum Gasteiger partial charge on any atom is -0.305 e. The summed E-state index contributed by atoms with van der Waals surface area (Å²) in [4.78, 5) is 25.9. The van der Waals surface area contributed by atoms with Crippen LogP contribution in [0.3, 0.4) is 0 Å². The molecule has 1 aromatic carbocycles. The zero-order chi connectivity index (χ0) is 14.9. The van der Waals surface area contributed by atoms with Crippen molar-refractivity contribution in [1.29, 1.82) is 0 Å². The fourth-order valence-corrected chi connectivity index (χ4v) is 3.07. The van der Waals surface area contributed by atoms with Gasteiger partial charge in [-0.15, -0.1) is 11.6 Å². The number of fused-ring (bicyclic) bond motifs is 1. The Morgan fingerprint density at radius 2 is 1.90 bits per heavy atom. The van der Waals surface area contributed by atoms with Gasteiger partial charge in [0.05, 0.1) is 11.3 Å². The highest BCUT2D eigenvalue weighted by molar-refractivity contribution is 6.52. The first-order valence-corrected chi connectivity index (χ1v) is 7.52. The molecule has 0 aromatic heterocycles. The van der Waals surface area contributed by atoms with E-state index < -0.39 is 5.91 Å². The van der Waals surface area contributed by atoms with Gasteiger partial charge < -0.3 is 4.90 Å². The summed E-state index contributed by atoms with van der Waals surface area (Å²) in [6.45, 7) is 6.57. The molecule has 1 atom stereocenters. The van der Waals surface area contributed by atoms with E-state index in [1.165, 1.54) is 0 Å². The highest BCUT2D eigenvalue weighted by Gasteiger charge is 2.36. The van der Waals surface area contributed by atoms with Crippen molar-refractivity contribution in [2.24, 2.45) is 5.92 Å². The van der Waals surface area contributed by atoms with Crippen molar-refractivity contribution in [3.05, 3.63) is 28.8 Å². The van der Waals surface area contributed by atoms with Crippen LogP contribution in [0.4, 0.5) is 5.69 Å². The van der Waals surface area contributed by atoms with Gasteiger partial charge in [0, 0.05) is 12.4 Å². The zero-order valence-electron chi connectivity index (χ0n) is 12.2. The summed E-state index contributed by atoms with van der Waals surface area (Å²) < 4.78 is 0. The lowest BCUT2D eigenvalue weighted by molar-refractivity contribution is -0.114. The molecule has 1 heterocycles. The number of hydrogen-bond donors (Lipinski definition) is 0. The third-order valence-corrected chi connectivity index (χ3v) is 4.08. The van der Waals surface area contributed by atoms with Crippen molar-refractivity contribution in [1.82, 2.24) is 0 Å². The normalized spacial score (nSPS) is 15.7. The van der Waals surface area contributed by atoms with E-state index in [4.69, 9.17) is 11.6 Å². The van der Waals surface area contributed by atoms with E-state index in [1.54, 1.807) is 4.90 Å². The first-order chi connectivity index (χ1) is 9.45. The van der Waals surface area contributed by atoms with Crippen LogP contribution in [0.25, 0.3) is 0 Å². The Bertz CT molecular complexity index is 554. The second kappa shape index (κ2) is 5.96. The Labute approximate surface area is 124 Å². The number of halogens is 1. The van der Waals surface area contributed by atoms with Crippen molar-refractivity contribution in [3.8, 4) is 0 Å². The van der Waals surface area contributed by atoms with E-state index in [-0.39, 0.29) is 5.78 Å². The van der Waals surface area contributed by atoms with Crippen LogP contribution >= 0.6 is 11.6 Å². The summed E-state index contributed by atoms with van der Waals surface area (Å²) in [5.41, 5.74) is 3.30. The minimum absolute atomic E-state index is 0.373. The van der Waals surface area contributed by atoms with E-state index in [1.807, 2.05) is 26.0 Å². The van der Waals surface area contributed by atoms with Gasteiger partial charge in [0.25, 0.3) is 11.7 Å². The molecule has 0 spiro atoms. The number of nitrogens with zero attached hydrogens (tertiary/aromatic N) is 1. The molecule has 0 N–H and O–H groups in total. The number of rotatable bonds is 5. The van der Waals surface area contributed by atoms with Crippen molar-refractivity contribution in [2.75, 3.05) is 17.3 Å². The molecule has 0 saturated carbocycles. The standard InChI is InChI=1S/C16H20ClNO2/c1-10(4-6-17)5-7-18-13-9-11(2)8-12(3)14(13)15(19)16(18)20/h8-10H,4-7H2,1-3H3.